The van der Waals surface area contributed by atoms with Crippen LogP contribution in [-0.4, -0.2) is 18.6 Å². The zero-order chi connectivity index (χ0) is 12.1. The molecule has 1 amide bonds. The third-order valence-electron chi connectivity index (χ3n) is 2.17. The van der Waals surface area contributed by atoms with Crippen LogP contribution >= 0.6 is 11.6 Å². The van der Waals surface area contributed by atoms with Crippen LogP contribution in [0, 0.1) is 6.92 Å². The van der Waals surface area contributed by atoms with E-state index in [1.807, 2.05) is 19.9 Å². The Morgan fingerprint density at radius 1 is 1.56 bits per heavy atom. The number of rotatable bonds is 4. The highest BCUT2D eigenvalue weighted by Gasteiger charge is 2.14. The highest BCUT2D eigenvalue weighted by Crippen LogP contribution is 2.23. The molecule has 3 nitrogen and oxygen atoms in total. The lowest BCUT2D eigenvalue weighted by Crippen LogP contribution is -2.36. The van der Waals surface area contributed by atoms with Crippen LogP contribution in [0.5, 0.6) is 5.75 Å². The van der Waals surface area contributed by atoms with Gasteiger partial charge in [-0.25, -0.2) is 0 Å². The van der Waals surface area contributed by atoms with Gasteiger partial charge in [-0.1, -0.05) is 17.7 Å². The van der Waals surface area contributed by atoms with Crippen LogP contribution < -0.4 is 10.1 Å². The summed E-state index contributed by atoms with van der Waals surface area (Å²) >= 11 is 5.86. The second-order valence-corrected chi connectivity index (χ2v) is 4.00. The molecule has 16 heavy (non-hydrogen) atoms. The number of aryl methyl sites for hydroxylation is 1. The number of amides is 1. The first-order chi connectivity index (χ1) is 7.54. The summed E-state index contributed by atoms with van der Waals surface area (Å²) in [5.74, 6) is 0.521. The SMILES string of the molecule is CCNC(=O)C(C)Oc1cc(Cl)ccc1C. The van der Waals surface area contributed by atoms with E-state index in [0.29, 0.717) is 17.3 Å². The van der Waals surface area contributed by atoms with Crippen LogP contribution in [0.1, 0.15) is 19.4 Å². The molecule has 88 valence electrons. The summed E-state index contributed by atoms with van der Waals surface area (Å²) in [5, 5.41) is 3.30. The molecule has 0 bridgehead atoms. The summed E-state index contributed by atoms with van der Waals surface area (Å²) in [5.41, 5.74) is 0.959. The standard InChI is InChI=1S/C12H16ClNO2/c1-4-14-12(15)9(3)16-11-7-10(13)6-5-8(11)2/h5-7,9H,4H2,1-3H3,(H,14,15). The first-order valence-corrected chi connectivity index (χ1v) is 5.63. The van der Waals surface area contributed by atoms with Crippen LogP contribution in [0.15, 0.2) is 18.2 Å². The Bertz CT molecular complexity index is 379. The Balaban J connectivity index is 2.72. The van der Waals surface area contributed by atoms with Gasteiger partial charge >= 0.3 is 0 Å². The highest BCUT2D eigenvalue weighted by atomic mass is 35.5. The van der Waals surface area contributed by atoms with E-state index >= 15 is 0 Å². The van der Waals surface area contributed by atoms with Gasteiger partial charge in [0.25, 0.3) is 5.91 Å². The fourth-order valence-corrected chi connectivity index (χ4v) is 1.42. The van der Waals surface area contributed by atoms with Gasteiger partial charge in [0.15, 0.2) is 6.10 Å². The average molecular weight is 242 g/mol. The van der Waals surface area contributed by atoms with E-state index in [2.05, 4.69) is 5.32 Å². The fourth-order valence-electron chi connectivity index (χ4n) is 1.26. The van der Waals surface area contributed by atoms with Gasteiger partial charge in [0.05, 0.1) is 0 Å². The molecule has 1 N–H and O–H groups in total. The van der Waals surface area contributed by atoms with Crippen molar-refractivity contribution in [3.05, 3.63) is 28.8 Å². The summed E-state index contributed by atoms with van der Waals surface area (Å²) < 4.78 is 5.54. The molecule has 0 heterocycles. The molecule has 0 saturated heterocycles. The van der Waals surface area contributed by atoms with Crippen LogP contribution in [0.4, 0.5) is 0 Å². The van der Waals surface area contributed by atoms with Crippen molar-refractivity contribution in [2.24, 2.45) is 0 Å². The van der Waals surface area contributed by atoms with Gasteiger partial charge in [0.2, 0.25) is 0 Å². The molecule has 0 saturated carbocycles. The smallest absolute Gasteiger partial charge is 0.260 e. The van der Waals surface area contributed by atoms with Crippen molar-refractivity contribution in [3.8, 4) is 5.75 Å². The molecule has 0 radical (unpaired) electrons. The van der Waals surface area contributed by atoms with E-state index < -0.39 is 6.10 Å². The van der Waals surface area contributed by atoms with Gasteiger partial charge < -0.3 is 10.1 Å². The lowest BCUT2D eigenvalue weighted by atomic mass is 10.2. The fraction of sp³-hybridized carbons (Fsp3) is 0.417. The number of nitrogens with one attached hydrogen (secondary N) is 1. The molecule has 4 heteroatoms. The Labute approximate surface area is 101 Å². The molecule has 1 aromatic rings. The topological polar surface area (TPSA) is 38.3 Å². The van der Waals surface area contributed by atoms with Gasteiger partial charge in [0.1, 0.15) is 5.75 Å². The number of hydrogen-bond donors (Lipinski definition) is 1. The molecule has 1 rings (SSSR count). The Hall–Kier alpha value is -1.22. The van der Waals surface area contributed by atoms with Gasteiger partial charge in [-0.2, -0.15) is 0 Å². The summed E-state index contributed by atoms with van der Waals surface area (Å²) in [4.78, 5) is 11.5. The second kappa shape index (κ2) is 5.75. The summed E-state index contributed by atoms with van der Waals surface area (Å²) in [7, 11) is 0. The van der Waals surface area contributed by atoms with Crippen molar-refractivity contribution in [3.63, 3.8) is 0 Å². The van der Waals surface area contributed by atoms with Crippen molar-refractivity contribution in [2.45, 2.75) is 26.9 Å². The largest absolute Gasteiger partial charge is 0.481 e. The number of carbonyl (C=O) groups excluding carboxylic acids is 1. The van der Waals surface area contributed by atoms with Crippen LogP contribution in [0.2, 0.25) is 5.02 Å². The Morgan fingerprint density at radius 2 is 2.25 bits per heavy atom. The van der Waals surface area contributed by atoms with Crippen molar-refractivity contribution >= 4 is 17.5 Å². The van der Waals surface area contributed by atoms with E-state index in [0.717, 1.165) is 5.56 Å². The zero-order valence-electron chi connectivity index (χ0n) is 9.71. The van der Waals surface area contributed by atoms with E-state index in [-0.39, 0.29) is 5.91 Å². The number of benzene rings is 1. The van der Waals surface area contributed by atoms with Gasteiger partial charge in [-0.05, 0) is 38.5 Å². The molecule has 0 aromatic heterocycles. The van der Waals surface area contributed by atoms with Gasteiger partial charge in [0, 0.05) is 11.6 Å². The molecule has 0 fully saturated rings. The quantitative estimate of drug-likeness (QED) is 0.880. The maximum atomic E-state index is 11.5. The molecular weight excluding hydrogens is 226 g/mol. The number of likely N-dealkylation sites (N-methyl/N-ethyl adjacent to an activating group) is 1. The summed E-state index contributed by atoms with van der Waals surface area (Å²) in [6.07, 6.45) is -0.517. The summed E-state index contributed by atoms with van der Waals surface area (Å²) in [6.45, 7) is 6.10. The molecule has 0 aliphatic rings. The molecule has 1 unspecified atom stereocenters. The molecule has 1 atom stereocenters. The number of carbonyl (C=O) groups is 1. The molecule has 0 aliphatic heterocycles. The summed E-state index contributed by atoms with van der Waals surface area (Å²) in [6, 6.07) is 5.37. The van der Waals surface area contributed by atoms with Crippen molar-refractivity contribution in [1.29, 1.82) is 0 Å². The average Bonchev–Trinajstić information content (AvgIpc) is 2.23. The third-order valence-corrected chi connectivity index (χ3v) is 2.41. The molecule has 0 spiro atoms. The lowest BCUT2D eigenvalue weighted by Gasteiger charge is -2.15. The number of ether oxygens (including phenoxy) is 1. The first-order valence-electron chi connectivity index (χ1n) is 5.25. The van der Waals surface area contributed by atoms with E-state index in [4.69, 9.17) is 16.3 Å². The minimum Gasteiger partial charge on any atom is -0.481 e. The predicted octanol–water partition coefficient (Wildman–Crippen LogP) is 2.55. The van der Waals surface area contributed by atoms with E-state index in [9.17, 15) is 4.79 Å². The van der Waals surface area contributed by atoms with Crippen LogP contribution in [0.25, 0.3) is 0 Å². The first kappa shape index (κ1) is 12.8. The Morgan fingerprint density at radius 3 is 2.88 bits per heavy atom. The molecular formula is C12H16ClNO2. The maximum absolute atomic E-state index is 11.5. The van der Waals surface area contributed by atoms with Gasteiger partial charge in [-0.15, -0.1) is 0 Å². The van der Waals surface area contributed by atoms with Gasteiger partial charge in [-0.3, -0.25) is 4.79 Å². The van der Waals surface area contributed by atoms with E-state index in [1.165, 1.54) is 0 Å². The van der Waals surface area contributed by atoms with Crippen LogP contribution in [0.3, 0.4) is 0 Å². The predicted molar refractivity (Wildman–Crippen MR) is 65.0 cm³/mol. The van der Waals surface area contributed by atoms with Crippen LogP contribution in [-0.2, 0) is 4.79 Å². The maximum Gasteiger partial charge on any atom is 0.260 e. The molecule has 0 aliphatic carbocycles. The Kier molecular flexibility index (Phi) is 4.62. The normalized spacial score (nSPS) is 12.0. The third kappa shape index (κ3) is 3.42. The van der Waals surface area contributed by atoms with E-state index in [1.54, 1.807) is 19.1 Å². The lowest BCUT2D eigenvalue weighted by molar-refractivity contribution is -0.127. The number of hydrogen-bond acceptors (Lipinski definition) is 2. The zero-order valence-corrected chi connectivity index (χ0v) is 10.5. The molecule has 1 aromatic carbocycles. The highest BCUT2D eigenvalue weighted by molar-refractivity contribution is 6.30. The minimum atomic E-state index is -0.517. The van der Waals surface area contributed by atoms with Crippen molar-refractivity contribution in [1.82, 2.24) is 5.32 Å². The van der Waals surface area contributed by atoms with Crippen molar-refractivity contribution in [2.75, 3.05) is 6.54 Å². The second-order valence-electron chi connectivity index (χ2n) is 3.56. The number of halogens is 1. The minimum absolute atomic E-state index is 0.123. The monoisotopic (exact) mass is 241 g/mol. The van der Waals surface area contributed by atoms with Crippen molar-refractivity contribution < 1.29 is 9.53 Å².